The highest BCUT2D eigenvalue weighted by Crippen LogP contribution is 2.30. The quantitative estimate of drug-likeness (QED) is 0.283. The number of nitrogens with one attached hydrogen (secondary N) is 1. The van der Waals surface area contributed by atoms with E-state index in [0.717, 1.165) is 22.3 Å². The van der Waals surface area contributed by atoms with E-state index in [2.05, 4.69) is 25.4 Å². The van der Waals surface area contributed by atoms with Gasteiger partial charge in [-0.3, -0.25) is 4.79 Å². The fraction of sp³-hybridized carbons (Fsp3) is 0.0870. The van der Waals surface area contributed by atoms with Crippen LogP contribution in [0.25, 0.3) is 28.0 Å². The molecule has 0 unspecified atom stereocenters. The number of rotatable bonds is 6. The lowest BCUT2D eigenvalue weighted by molar-refractivity contribution is -0.115. The normalized spacial score (nSPS) is 12.0. The Hall–Kier alpha value is -3.56. The number of hydrogen-bond donors (Lipinski definition) is 1. The Balaban J connectivity index is 1.32. The van der Waals surface area contributed by atoms with Crippen molar-refractivity contribution < 1.29 is 4.79 Å². The Bertz CT molecular complexity index is 1370. The van der Waals surface area contributed by atoms with Crippen LogP contribution in [0.2, 0.25) is 0 Å². The second kappa shape index (κ2) is 8.89. The molecule has 158 valence electrons. The van der Waals surface area contributed by atoms with Crippen molar-refractivity contribution in [2.24, 2.45) is 0 Å². The Kier molecular flexibility index (Phi) is 5.66. The van der Waals surface area contributed by atoms with Crippen molar-refractivity contribution in [3.63, 3.8) is 0 Å². The van der Waals surface area contributed by atoms with Crippen LogP contribution < -0.4 is 5.32 Å². The zero-order valence-electron chi connectivity index (χ0n) is 17.0. The average Bonchev–Trinajstić information content (AvgIpc) is 3.48. The molecular formula is C23H18N6OS2. The fourth-order valence-corrected chi connectivity index (χ4v) is 4.78. The predicted molar refractivity (Wildman–Crippen MR) is 128 cm³/mol. The molecule has 0 radical (unpaired) electrons. The third-order valence-corrected chi connectivity index (χ3v) is 6.67. The van der Waals surface area contributed by atoms with Crippen molar-refractivity contribution in [2.75, 3.05) is 5.32 Å². The molecule has 0 spiro atoms. The van der Waals surface area contributed by atoms with Crippen LogP contribution in [0.1, 0.15) is 6.92 Å². The van der Waals surface area contributed by atoms with Crippen LogP contribution in [0, 0.1) is 0 Å². The lowest BCUT2D eigenvalue weighted by Crippen LogP contribution is -2.22. The van der Waals surface area contributed by atoms with Crippen molar-refractivity contribution in [1.82, 2.24) is 24.7 Å². The lowest BCUT2D eigenvalue weighted by atomic mass is 10.2. The molecule has 0 aliphatic rings. The van der Waals surface area contributed by atoms with Crippen LogP contribution in [0.3, 0.4) is 0 Å². The Morgan fingerprint density at radius 3 is 2.59 bits per heavy atom. The summed E-state index contributed by atoms with van der Waals surface area (Å²) in [6, 6.07) is 19.7. The number of thioether (sulfide) groups is 1. The number of carbonyl (C=O) groups excluding carboxylic acids is 1. The molecule has 1 amide bonds. The summed E-state index contributed by atoms with van der Waals surface area (Å²) in [7, 11) is 0. The van der Waals surface area contributed by atoms with Crippen LogP contribution in [0.15, 0.2) is 83.6 Å². The first-order valence-corrected chi connectivity index (χ1v) is 11.7. The summed E-state index contributed by atoms with van der Waals surface area (Å²) in [4.78, 5) is 26.1. The fourth-order valence-electron chi connectivity index (χ4n) is 3.18. The summed E-state index contributed by atoms with van der Waals surface area (Å²) >= 11 is 2.78. The molecule has 5 rings (SSSR count). The van der Waals surface area contributed by atoms with E-state index in [1.807, 2.05) is 73.0 Å². The van der Waals surface area contributed by atoms with Gasteiger partial charge in [0, 0.05) is 10.9 Å². The average molecular weight is 459 g/mol. The number of amides is 1. The zero-order valence-corrected chi connectivity index (χ0v) is 18.7. The van der Waals surface area contributed by atoms with Crippen molar-refractivity contribution in [2.45, 2.75) is 17.2 Å². The number of thiazole rings is 1. The summed E-state index contributed by atoms with van der Waals surface area (Å²) in [6.07, 6.45) is 3.24. The van der Waals surface area contributed by atoms with Gasteiger partial charge in [0.05, 0.1) is 28.2 Å². The van der Waals surface area contributed by atoms with E-state index in [9.17, 15) is 4.79 Å². The molecule has 1 atom stereocenters. The summed E-state index contributed by atoms with van der Waals surface area (Å²) in [5.74, 6) is -0.133. The summed E-state index contributed by atoms with van der Waals surface area (Å²) in [6.45, 7) is 1.85. The second-order valence-corrected chi connectivity index (χ2v) is 9.15. The topological polar surface area (TPSA) is 85.6 Å². The number of aromatic nitrogens is 5. The number of nitrogens with zero attached hydrogens (tertiary/aromatic N) is 5. The number of benzene rings is 2. The third kappa shape index (κ3) is 4.12. The van der Waals surface area contributed by atoms with Crippen LogP contribution in [-0.2, 0) is 4.79 Å². The molecule has 3 heterocycles. The first kappa shape index (κ1) is 20.3. The lowest BCUT2D eigenvalue weighted by Gasteiger charge is -2.10. The molecule has 0 aliphatic carbocycles. The predicted octanol–water partition coefficient (Wildman–Crippen LogP) is 5.06. The Morgan fingerprint density at radius 2 is 1.81 bits per heavy atom. The van der Waals surface area contributed by atoms with Crippen LogP contribution in [-0.4, -0.2) is 35.9 Å². The summed E-state index contributed by atoms with van der Waals surface area (Å²) in [5.41, 5.74) is 3.48. The van der Waals surface area contributed by atoms with Gasteiger partial charge in [0.25, 0.3) is 0 Å². The standard InChI is InChI=1S/C23H18N6OS2/c1-15(21(30)28-23-27-19(13-31-23)16-8-4-2-5-9-16)32-22-18-12-26-29(20(18)24-14-25-22)17-10-6-3-7-11-17/h2-15H,1H3,(H,27,28,30)/t15-/m0/s1. The molecule has 9 heteroatoms. The number of carbonyl (C=O) groups is 1. The monoisotopic (exact) mass is 458 g/mol. The van der Waals surface area contributed by atoms with Gasteiger partial charge < -0.3 is 5.32 Å². The number of anilines is 1. The first-order chi connectivity index (χ1) is 15.7. The maximum Gasteiger partial charge on any atom is 0.239 e. The Labute approximate surface area is 192 Å². The van der Waals surface area contributed by atoms with Crippen LogP contribution in [0.5, 0.6) is 0 Å². The van der Waals surface area contributed by atoms with Gasteiger partial charge in [-0.05, 0) is 19.1 Å². The van der Waals surface area contributed by atoms with Crippen LogP contribution >= 0.6 is 23.1 Å². The van der Waals surface area contributed by atoms with Crippen LogP contribution in [0.4, 0.5) is 5.13 Å². The highest BCUT2D eigenvalue weighted by Gasteiger charge is 2.20. The molecule has 0 aliphatic heterocycles. The molecule has 0 fully saturated rings. The summed E-state index contributed by atoms with van der Waals surface area (Å²) < 4.78 is 1.77. The first-order valence-electron chi connectivity index (χ1n) is 9.91. The number of fused-ring (bicyclic) bond motifs is 1. The van der Waals surface area contributed by atoms with Gasteiger partial charge >= 0.3 is 0 Å². The van der Waals surface area contributed by atoms with Gasteiger partial charge in [0.1, 0.15) is 11.4 Å². The highest BCUT2D eigenvalue weighted by molar-refractivity contribution is 8.00. The molecule has 5 aromatic rings. The van der Waals surface area contributed by atoms with Gasteiger partial charge in [-0.2, -0.15) is 5.10 Å². The Morgan fingerprint density at radius 1 is 1.06 bits per heavy atom. The summed E-state index contributed by atoms with van der Waals surface area (Å²) in [5, 5.41) is 11.0. The molecule has 0 bridgehead atoms. The van der Waals surface area contributed by atoms with Crippen molar-refractivity contribution in [3.8, 4) is 16.9 Å². The minimum atomic E-state index is -0.378. The van der Waals surface area contributed by atoms with E-state index in [0.29, 0.717) is 15.8 Å². The van der Waals surface area contributed by atoms with E-state index < -0.39 is 0 Å². The van der Waals surface area contributed by atoms with Crippen molar-refractivity contribution in [3.05, 3.63) is 78.6 Å². The van der Waals surface area contributed by atoms with Gasteiger partial charge in [-0.15, -0.1) is 11.3 Å². The van der Waals surface area contributed by atoms with Gasteiger partial charge in [-0.1, -0.05) is 60.3 Å². The SMILES string of the molecule is C[C@H](Sc1ncnc2c1cnn2-c1ccccc1)C(=O)Nc1nc(-c2ccccc2)cs1. The molecule has 3 aromatic heterocycles. The minimum absolute atomic E-state index is 0.133. The third-order valence-electron chi connectivity index (χ3n) is 4.79. The smallest absolute Gasteiger partial charge is 0.239 e. The van der Waals surface area contributed by atoms with E-state index >= 15 is 0 Å². The number of para-hydroxylation sites is 1. The molecule has 2 aromatic carbocycles. The number of hydrogen-bond acceptors (Lipinski definition) is 7. The maximum atomic E-state index is 12.8. The molecular weight excluding hydrogens is 440 g/mol. The van der Waals surface area contributed by atoms with Gasteiger partial charge in [-0.25, -0.2) is 19.6 Å². The molecule has 1 N–H and O–H groups in total. The van der Waals surface area contributed by atoms with Crippen molar-refractivity contribution in [1.29, 1.82) is 0 Å². The van der Waals surface area contributed by atoms with Gasteiger partial charge in [0.2, 0.25) is 5.91 Å². The molecule has 0 saturated carbocycles. The largest absolute Gasteiger partial charge is 0.301 e. The van der Waals surface area contributed by atoms with E-state index in [1.54, 1.807) is 10.9 Å². The molecule has 7 nitrogen and oxygen atoms in total. The molecule has 0 saturated heterocycles. The highest BCUT2D eigenvalue weighted by atomic mass is 32.2. The maximum absolute atomic E-state index is 12.8. The van der Waals surface area contributed by atoms with E-state index in [1.165, 1.54) is 29.4 Å². The second-order valence-electron chi connectivity index (χ2n) is 6.96. The van der Waals surface area contributed by atoms with Gasteiger partial charge in [0.15, 0.2) is 10.8 Å². The zero-order chi connectivity index (χ0) is 21.9. The molecule has 32 heavy (non-hydrogen) atoms. The van der Waals surface area contributed by atoms with E-state index in [4.69, 9.17) is 0 Å². The minimum Gasteiger partial charge on any atom is -0.301 e. The van der Waals surface area contributed by atoms with Crippen molar-refractivity contribution >= 4 is 45.2 Å². The van der Waals surface area contributed by atoms with E-state index in [-0.39, 0.29) is 11.2 Å².